The van der Waals surface area contributed by atoms with Crippen LogP contribution in [-0.4, -0.2) is 12.4 Å². The number of hydrogen-bond donors (Lipinski definition) is 0. The van der Waals surface area contributed by atoms with Crippen LogP contribution in [0.2, 0.25) is 0 Å². The molecule has 3 heteroatoms. The largest absolute Gasteiger partial charge is 0.482 e. The second-order valence-electron chi connectivity index (χ2n) is 4.89. The summed E-state index contributed by atoms with van der Waals surface area (Å²) in [5.74, 6) is -0.506. The predicted octanol–water partition coefficient (Wildman–Crippen LogP) is 4.01. The summed E-state index contributed by atoms with van der Waals surface area (Å²) in [4.78, 5) is 12.2. The van der Waals surface area contributed by atoms with E-state index in [0.29, 0.717) is 5.56 Å². The molecule has 20 heavy (non-hydrogen) atoms. The molecule has 0 radical (unpaired) electrons. The molecule has 0 aliphatic heterocycles. The van der Waals surface area contributed by atoms with Crippen LogP contribution in [0.1, 0.15) is 27.0 Å². The number of carbonyl (C=O) groups excluding carboxylic acids is 1. The number of ether oxygens (including phenoxy) is 1. The highest BCUT2D eigenvalue weighted by Gasteiger charge is 2.12. The highest BCUT2D eigenvalue weighted by atomic mass is 19.1. The molecule has 0 aromatic heterocycles. The minimum atomic E-state index is -0.461. The maximum Gasteiger partial charge on any atom is 0.200 e. The highest BCUT2D eigenvalue weighted by Crippen LogP contribution is 2.18. The van der Waals surface area contributed by atoms with Crippen molar-refractivity contribution in [3.05, 3.63) is 64.5 Å². The lowest BCUT2D eigenvalue weighted by Gasteiger charge is -2.10. The number of carbonyl (C=O) groups is 1. The fraction of sp³-hybridized carbons (Fsp3) is 0.235. The smallest absolute Gasteiger partial charge is 0.200 e. The van der Waals surface area contributed by atoms with E-state index < -0.39 is 5.82 Å². The summed E-state index contributed by atoms with van der Waals surface area (Å²) in [6.45, 7) is 5.70. The number of halogens is 1. The molecule has 2 nitrogen and oxygen atoms in total. The van der Waals surface area contributed by atoms with Gasteiger partial charge in [-0.1, -0.05) is 18.2 Å². The summed E-state index contributed by atoms with van der Waals surface area (Å²) < 4.78 is 18.7. The number of Topliss-reactive ketones (excluding diaryl/α,β-unsaturated/α-hetero) is 1. The van der Waals surface area contributed by atoms with Crippen molar-refractivity contribution in [2.45, 2.75) is 20.8 Å². The number of rotatable bonds is 4. The van der Waals surface area contributed by atoms with Gasteiger partial charge in [0.25, 0.3) is 0 Å². The molecule has 0 fully saturated rings. The maximum absolute atomic E-state index is 13.4. The first-order valence-electron chi connectivity index (χ1n) is 6.47. The predicted molar refractivity (Wildman–Crippen MR) is 76.9 cm³/mol. The molecule has 0 N–H and O–H groups in total. The van der Waals surface area contributed by atoms with Crippen LogP contribution in [-0.2, 0) is 0 Å². The van der Waals surface area contributed by atoms with Gasteiger partial charge >= 0.3 is 0 Å². The van der Waals surface area contributed by atoms with Gasteiger partial charge in [-0.2, -0.15) is 0 Å². The molecule has 0 aliphatic rings. The van der Waals surface area contributed by atoms with E-state index in [1.165, 1.54) is 12.1 Å². The number of para-hydroxylation sites is 1. The summed E-state index contributed by atoms with van der Waals surface area (Å²) in [7, 11) is 0. The zero-order valence-corrected chi connectivity index (χ0v) is 11.9. The lowest BCUT2D eigenvalue weighted by molar-refractivity contribution is 0.0918. The van der Waals surface area contributed by atoms with E-state index in [4.69, 9.17) is 4.74 Å². The Balaban J connectivity index is 2.13. The van der Waals surface area contributed by atoms with Gasteiger partial charge in [0, 0.05) is 5.56 Å². The molecule has 0 bridgehead atoms. The van der Waals surface area contributed by atoms with Crippen molar-refractivity contribution in [2.24, 2.45) is 0 Å². The summed E-state index contributed by atoms with van der Waals surface area (Å²) >= 11 is 0. The minimum absolute atomic E-state index is 0.0994. The number of hydrogen-bond acceptors (Lipinski definition) is 2. The maximum atomic E-state index is 13.4. The van der Waals surface area contributed by atoms with E-state index in [2.05, 4.69) is 0 Å². The monoisotopic (exact) mass is 272 g/mol. The average molecular weight is 272 g/mol. The van der Waals surface area contributed by atoms with Crippen LogP contribution >= 0.6 is 0 Å². The number of ketones is 1. The van der Waals surface area contributed by atoms with Gasteiger partial charge < -0.3 is 4.74 Å². The van der Waals surface area contributed by atoms with Gasteiger partial charge in [-0.15, -0.1) is 0 Å². The molecule has 0 spiro atoms. The molecule has 0 aliphatic carbocycles. The topological polar surface area (TPSA) is 26.3 Å². The van der Waals surface area contributed by atoms with Crippen LogP contribution in [0.4, 0.5) is 4.39 Å². The van der Waals surface area contributed by atoms with Crippen LogP contribution in [0.5, 0.6) is 5.75 Å². The van der Waals surface area contributed by atoms with E-state index in [0.717, 1.165) is 16.7 Å². The zero-order chi connectivity index (χ0) is 14.7. The standard InChI is InChI=1S/C17H17FO2/c1-11-8-13(3)14(9-12(11)2)16(19)10-20-17-7-5-4-6-15(17)18/h4-9H,10H2,1-3H3. The Hall–Kier alpha value is -2.16. The van der Waals surface area contributed by atoms with Crippen LogP contribution in [0.3, 0.4) is 0 Å². The van der Waals surface area contributed by atoms with Gasteiger partial charge in [-0.3, -0.25) is 4.79 Å². The summed E-state index contributed by atoms with van der Waals surface area (Å²) in [6.07, 6.45) is 0. The molecule has 0 saturated heterocycles. The SMILES string of the molecule is Cc1cc(C)c(C(=O)COc2ccccc2F)cc1C. The third kappa shape index (κ3) is 3.05. The summed E-state index contributed by atoms with van der Waals surface area (Å²) in [5, 5.41) is 0. The van der Waals surface area contributed by atoms with Crippen molar-refractivity contribution in [3.8, 4) is 5.75 Å². The molecular formula is C17H17FO2. The van der Waals surface area contributed by atoms with Gasteiger partial charge in [-0.25, -0.2) is 4.39 Å². The zero-order valence-electron chi connectivity index (χ0n) is 11.9. The van der Waals surface area contributed by atoms with Gasteiger partial charge in [0.15, 0.2) is 24.0 Å². The second-order valence-corrected chi connectivity index (χ2v) is 4.89. The lowest BCUT2D eigenvalue weighted by atomic mass is 9.98. The molecule has 104 valence electrons. The van der Waals surface area contributed by atoms with Crippen molar-refractivity contribution in [1.29, 1.82) is 0 Å². The lowest BCUT2D eigenvalue weighted by Crippen LogP contribution is -2.14. The molecule has 0 unspecified atom stereocenters. The molecule has 2 rings (SSSR count). The highest BCUT2D eigenvalue weighted by molar-refractivity contribution is 5.98. The van der Waals surface area contributed by atoms with Gasteiger partial charge in [0.2, 0.25) is 0 Å². The van der Waals surface area contributed by atoms with E-state index >= 15 is 0 Å². The normalized spacial score (nSPS) is 10.4. The molecule has 2 aromatic carbocycles. The Morgan fingerprint density at radius 1 is 1.05 bits per heavy atom. The van der Waals surface area contributed by atoms with Crippen molar-refractivity contribution >= 4 is 5.78 Å². The number of aryl methyl sites for hydroxylation is 3. The van der Waals surface area contributed by atoms with E-state index in [1.807, 2.05) is 32.9 Å². The first-order chi connectivity index (χ1) is 9.49. The Labute approximate surface area is 118 Å². The Morgan fingerprint density at radius 2 is 1.70 bits per heavy atom. The molecule has 0 heterocycles. The fourth-order valence-corrected chi connectivity index (χ4v) is 2.04. The van der Waals surface area contributed by atoms with Crippen LogP contribution in [0, 0.1) is 26.6 Å². The van der Waals surface area contributed by atoms with Gasteiger partial charge in [0.1, 0.15) is 0 Å². The fourth-order valence-electron chi connectivity index (χ4n) is 2.04. The molecule has 0 saturated carbocycles. The molecule has 2 aromatic rings. The van der Waals surface area contributed by atoms with Crippen molar-refractivity contribution in [1.82, 2.24) is 0 Å². The Morgan fingerprint density at radius 3 is 2.40 bits per heavy atom. The van der Waals surface area contributed by atoms with E-state index in [9.17, 15) is 9.18 Å². The van der Waals surface area contributed by atoms with Crippen molar-refractivity contribution in [2.75, 3.05) is 6.61 Å². The first kappa shape index (κ1) is 14.3. The summed E-state index contributed by atoms with van der Waals surface area (Å²) in [5.41, 5.74) is 3.75. The van der Waals surface area contributed by atoms with E-state index in [1.54, 1.807) is 12.1 Å². The van der Waals surface area contributed by atoms with Crippen molar-refractivity contribution in [3.63, 3.8) is 0 Å². The van der Waals surface area contributed by atoms with Gasteiger partial charge in [0.05, 0.1) is 0 Å². The third-order valence-corrected chi connectivity index (χ3v) is 3.34. The van der Waals surface area contributed by atoms with E-state index in [-0.39, 0.29) is 18.1 Å². The molecular weight excluding hydrogens is 255 g/mol. The Kier molecular flexibility index (Phi) is 4.18. The summed E-state index contributed by atoms with van der Waals surface area (Å²) in [6, 6.07) is 9.90. The van der Waals surface area contributed by atoms with Crippen molar-refractivity contribution < 1.29 is 13.9 Å². The quantitative estimate of drug-likeness (QED) is 0.786. The van der Waals surface area contributed by atoms with Crippen LogP contribution in [0.25, 0.3) is 0 Å². The molecule has 0 atom stereocenters. The van der Waals surface area contributed by atoms with Gasteiger partial charge in [-0.05, 0) is 55.7 Å². The number of benzene rings is 2. The van der Waals surface area contributed by atoms with Crippen LogP contribution < -0.4 is 4.74 Å². The Bertz CT molecular complexity index is 647. The minimum Gasteiger partial charge on any atom is -0.482 e. The van der Waals surface area contributed by atoms with Crippen LogP contribution in [0.15, 0.2) is 36.4 Å². The first-order valence-corrected chi connectivity index (χ1v) is 6.47. The third-order valence-electron chi connectivity index (χ3n) is 3.34. The second kappa shape index (κ2) is 5.87. The average Bonchev–Trinajstić information content (AvgIpc) is 2.41. The molecule has 0 amide bonds.